The summed E-state index contributed by atoms with van der Waals surface area (Å²) in [5.74, 6) is 0. The van der Waals surface area contributed by atoms with Gasteiger partial charge in [-0.25, -0.2) is 0 Å². The fourth-order valence-electron chi connectivity index (χ4n) is 2.10. The van der Waals surface area contributed by atoms with E-state index >= 15 is 0 Å². The van der Waals surface area contributed by atoms with Gasteiger partial charge in [0.1, 0.15) is 0 Å². The van der Waals surface area contributed by atoms with E-state index < -0.39 is 17.5 Å². The largest absolute Gasteiger partial charge is 0.390 e. The van der Waals surface area contributed by atoms with Crippen LogP contribution < -0.4 is 0 Å². The molecule has 2 rings (SSSR count). The highest BCUT2D eigenvalue weighted by Gasteiger charge is 2.27. The van der Waals surface area contributed by atoms with Crippen LogP contribution in [0.2, 0.25) is 0 Å². The summed E-state index contributed by atoms with van der Waals surface area (Å²) in [4.78, 5) is 10.3. The number of aryl methyl sites for hydroxylation is 2. The number of benzene rings is 1. The highest BCUT2D eigenvalue weighted by Crippen LogP contribution is 2.30. The second kappa shape index (κ2) is 4.56. The monoisotopic (exact) mass is 272 g/mol. The van der Waals surface area contributed by atoms with Crippen LogP contribution in [0.5, 0.6) is 0 Å². The predicted molar refractivity (Wildman–Crippen MR) is 64.0 cm³/mol. The Morgan fingerprint density at radius 2 is 2.05 bits per heavy atom. The van der Waals surface area contributed by atoms with Gasteiger partial charge in [-0.1, -0.05) is 6.07 Å². The second-order valence-electron chi connectivity index (χ2n) is 4.27. The molecule has 0 N–H and O–H groups in total. The molecule has 0 saturated heterocycles. The molecule has 0 spiro atoms. The second-order valence-corrected chi connectivity index (χ2v) is 4.27. The first kappa shape index (κ1) is 13.4. The van der Waals surface area contributed by atoms with Crippen LogP contribution in [0.4, 0.5) is 18.9 Å². The van der Waals surface area contributed by atoms with Crippen molar-refractivity contribution in [2.75, 3.05) is 0 Å². The topological polar surface area (TPSA) is 48.1 Å². The lowest BCUT2D eigenvalue weighted by Crippen LogP contribution is -2.12. The average Bonchev–Trinajstić information content (AvgIpc) is 2.60. The molecule has 102 valence electrons. The van der Waals surface area contributed by atoms with E-state index in [1.54, 1.807) is 19.1 Å². The van der Waals surface area contributed by atoms with Crippen molar-refractivity contribution in [1.82, 2.24) is 4.57 Å². The normalized spacial score (nSPS) is 12.0. The van der Waals surface area contributed by atoms with Gasteiger partial charge in [-0.2, -0.15) is 13.2 Å². The zero-order chi connectivity index (χ0) is 14.2. The van der Waals surface area contributed by atoms with E-state index in [0.717, 1.165) is 0 Å². The first-order chi connectivity index (χ1) is 8.79. The summed E-state index contributed by atoms with van der Waals surface area (Å²) in [7, 11) is 0. The van der Waals surface area contributed by atoms with Gasteiger partial charge in [0.15, 0.2) is 0 Å². The van der Waals surface area contributed by atoms with Crippen molar-refractivity contribution >= 4 is 16.6 Å². The van der Waals surface area contributed by atoms with E-state index in [0.29, 0.717) is 16.6 Å². The quantitative estimate of drug-likeness (QED) is 0.630. The lowest BCUT2D eigenvalue weighted by Gasteiger charge is -2.10. The van der Waals surface area contributed by atoms with Gasteiger partial charge in [0.25, 0.3) is 5.69 Å². The number of nitrogens with zero attached hydrogens (tertiary/aromatic N) is 2. The van der Waals surface area contributed by atoms with Crippen LogP contribution in [0.1, 0.15) is 12.1 Å². The van der Waals surface area contributed by atoms with Gasteiger partial charge in [0, 0.05) is 18.3 Å². The van der Waals surface area contributed by atoms with Gasteiger partial charge in [-0.3, -0.25) is 10.1 Å². The van der Waals surface area contributed by atoms with E-state index in [4.69, 9.17) is 0 Å². The molecule has 0 radical (unpaired) electrons. The Bertz CT molecular complexity index is 632. The first-order valence-electron chi connectivity index (χ1n) is 5.59. The van der Waals surface area contributed by atoms with Crippen molar-refractivity contribution < 1.29 is 18.1 Å². The Balaban J connectivity index is 2.48. The smallest absolute Gasteiger partial charge is 0.344 e. The first-order valence-corrected chi connectivity index (χ1v) is 5.59. The van der Waals surface area contributed by atoms with Crippen molar-refractivity contribution in [3.05, 3.63) is 40.1 Å². The number of halogens is 3. The maximum atomic E-state index is 12.3. The fourth-order valence-corrected chi connectivity index (χ4v) is 2.10. The number of alkyl halides is 3. The molecule has 0 unspecified atom stereocenters. The summed E-state index contributed by atoms with van der Waals surface area (Å²) in [6.07, 6.45) is -5.20. The molecule has 7 heteroatoms. The highest BCUT2D eigenvalue weighted by atomic mass is 19.4. The number of fused-ring (bicyclic) bond motifs is 1. The third-order valence-corrected chi connectivity index (χ3v) is 2.95. The van der Waals surface area contributed by atoms with Gasteiger partial charge in [0.2, 0.25) is 0 Å². The Morgan fingerprint density at radius 3 is 2.63 bits per heavy atom. The SMILES string of the molecule is Cc1cc2c([N+](=O)[O-])cccc2n1CCC(F)(F)F. The van der Waals surface area contributed by atoms with Gasteiger partial charge < -0.3 is 4.57 Å². The number of hydrogen-bond donors (Lipinski definition) is 0. The number of nitro benzene ring substituents is 1. The summed E-state index contributed by atoms with van der Waals surface area (Å²) in [5, 5.41) is 11.2. The molecule has 0 amide bonds. The molecule has 1 aromatic carbocycles. The summed E-state index contributed by atoms with van der Waals surface area (Å²) in [6, 6.07) is 5.95. The Labute approximate surface area is 106 Å². The van der Waals surface area contributed by atoms with Crippen LogP contribution in [0, 0.1) is 17.0 Å². The number of aromatic nitrogens is 1. The minimum absolute atomic E-state index is 0.0913. The average molecular weight is 272 g/mol. The zero-order valence-electron chi connectivity index (χ0n) is 10.1. The standard InChI is InChI=1S/C12H11F3N2O2/c1-8-7-9-10(3-2-4-11(9)17(18)19)16(8)6-5-12(13,14)15/h2-4,7H,5-6H2,1H3. The van der Waals surface area contributed by atoms with E-state index in [-0.39, 0.29) is 12.2 Å². The van der Waals surface area contributed by atoms with Crippen molar-refractivity contribution in [3.8, 4) is 0 Å². The highest BCUT2D eigenvalue weighted by molar-refractivity contribution is 5.90. The van der Waals surface area contributed by atoms with Crippen LogP contribution in [-0.2, 0) is 6.54 Å². The Morgan fingerprint density at radius 1 is 1.37 bits per heavy atom. The Kier molecular flexibility index (Phi) is 3.21. The molecule has 0 saturated carbocycles. The molecule has 19 heavy (non-hydrogen) atoms. The minimum Gasteiger partial charge on any atom is -0.344 e. The molecule has 0 aliphatic rings. The van der Waals surface area contributed by atoms with Gasteiger partial charge >= 0.3 is 6.18 Å². The molecular weight excluding hydrogens is 261 g/mol. The summed E-state index contributed by atoms with van der Waals surface area (Å²) in [5.41, 5.74) is 0.941. The van der Waals surface area contributed by atoms with E-state index in [1.165, 1.54) is 16.7 Å². The summed E-state index contributed by atoms with van der Waals surface area (Å²) >= 11 is 0. The fraction of sp³-hybridized carbons (Fsp3) is 0.333. The molecule has 0 atom stereocenters. The van der Waals surface area contributed by atoms with Crippen LogP contribution in [0.15, 0.2) is 24.3 Å². The predicted octanol–water partition coefficient (Wildman–Crippen LogP) is 3.81. The number of nitro groups is 1. The third-order valence-electron chi connectivity index (χ3n) is 2.95. The Hall–Kier alpha value is -2.05. The van der Waals surface area contributed by atoms with Crippen molar-refractivity contribution in [2.45, 2.75) is 26.1 Å². The lowest BCUT2D eigenvalue weighted by molar-refractivity contribution is -0.383. The number of rotatable bonds is 3. The molecular formula is C12H11F3N2O2. The third kappa shape index (κ3) is 2.69. The van der Waals surface area contributed by atoms with Crippen molar-refractivity contribution in [2.24, 2.45) is 0 Å². The van der Waals surface area contributed by atoms with Gasteiger partial charge in [0.05, 0.1) is 22.2 Å². The lowest BCUT2D eigenvalue weighted by atomic mass is 10.2. The molecule has 0 aliphatic carbocycles. The molecule has 0 fully saturated rings. The minimum atomic E-state index is -4.25. The van der Waals surface area contributed by atoms with Crippen LogP contribution in [-0.4, -0.2) is 15.7 Å². The molecule has 2 aromatic rings. The van der Waals surface area contributed by atoms with Gasteiger partial charge in [-0.15, -0.1) is 0 Å². The molecule has 4 nitrogen and oxygen atoms in total. The van der Waals surface area contributed by atoms with Crippen LogP contribution in [0.3, 0.4) is 0 Å². The summed E-state index contributed by atoms with van der Waals surface area (Å²) in [6.45, 7) is 1.40. The molecule has 1 aromatic heterocycles. The van der Waals surface area contributed by atoms with Crippen molar-refractivity contribution in [1.29, 1.82) is 0 Å². The van der Waals surface area contributed by atoms with Crippen molar-refractivity contribution in [3.63, 3.8) is 0 Å². The van der Waals surface area contributed by atoms with Crippen LogP contribution in [0.25, 0.3) is 10.9 Å². The molecule has 1 heterocycles. The molecule has 0 aliphatic heterocycles. The van der Waals surface area contributed by atoms with E-state index in [9.17, 15) is 23.3 Å². The molecule has 0 bridgehead atoms. The number of non-ortho nitro benzene ring substituents is 1. The maximum Gasteiger partial charge on any atom is 0.390 e. The maximum absolute atomic E-state index is 12.3. The summed E-state index contributed by atoms with van der Waals surface area (Å²) < 4.78 is 38.3. The van der Waals surface area contributed by atoms with E-state index in [2.05, 4.69) is 0 Å². The van der Waals surface area contributed by atoms with E-state index in [1.807, 2.05) is 0 Å². The van der Waals surface area contributed by atoms with Crippen LogP contribution >= 0.6 is 0 Å². The number of hydrogen-bond acceptors (Lipinski definition) is 2. The zero-order valence-corrected chi connectivity index (χ0v) is 10.1. The van der Waals surface area contributed by atoms with Gasteiger partial charge in [-0.05, 0) is 19.1 Å².